The van der Waals surface area contributed by atoms with Crippen molar-refractivity contribution in [3.05, 3.63) is 5.56 Å². The summed E-state index contributed by atoms with van der Waals surface area (Å²) >= 11 is 1.46. The van der Waals surface area contributed by atoms with E-state index in [0.29, 0.717) is 5.82 Å². The summed E-state index contributed by atoms with van der Waals surface area (Å²) in [5.74, 6) is 0.659. The van der Waals surface area contributed by atoms with E-state index in [-0.39, 0.29) is 0 Å². The van der Waals surface area contributed by atoms with Crippen molar-refractivity contribution in [2.75, 3.05) is 31.2 Å². The minimum atomic E-state index is 0.659. The number of nitrogen functional groups attached to an aromatic ring is 1. The molecule has 0 saturated heterocycles. The molecular weight excluding hydrogens is 256 g/mol. The first-order valence-electron chi connectivity index (χ1n) is 7.34. The van der Waals surface area contributed by atoms with Gasteiger partial charge in [0.05, 0.1) is 0 Å². The smallest absolute Gasteiger partial charge is 0.142 e. The normalized spacial score (nSPS) is 17.0. The molecule has 0 spiro atoms. The van der Waals surface area contributed by atoms with Gasteiger partial charge in [-0.05, 0) is 51.3 Å². The van der Waals surface area contributed by atoms with Gasteiger partial charge in [0.1, 0.15) is 10.8 Å². The lowest BCUT2D eigenvalue weighted by Gasteiger charge is -2.31. The van der Waals surface area contributed by atoms with Crippen LogP contribution in [-0.4, -0.2) is 35.5 Å². The third kappa shape index (κ3) is 4.08. The molecule has 0 radical (unpaired) electrons. The maximum Gasteiger partial charge on any atom is 0.142 e. The van der Waals surface area contributed by atoms with Crippen LogP contribution in [0.1, 0.15) is 44.1 Å². The molecule has 0 aromatic carbocycles. The summed E-state index contributed by atoms with van der Waals surface area (Å²) in [4.78, 5) is 2.54. The Morgan fingerprint density at radius 3 is 2.74 bits per heavy atom. The summed E-state index contributed by atoms with van der Waals surface area (Å²) in [6.45, 7) is 4.19. The van der Waals surface area contributed by atoms with Gasteiger partial charge in [-0.25, -0.2) is 0 Å². The second-order valence-electron chi connectivity index (χ2n) is 5.57. The number of hydrogen-bond acceptors (Lipinski definition) is 5. The van der Waals surface area contributed by atoms with Crippen LogP contribution >= 0.6 is 11.5 Å². The molecule has 3 N–H and O–H groups in total. The van der Waals surface area contributed by atoms with Crippen molar-refractivity contribution in [2.45, 2.75) is 51.5 Å². The van der Waals surface area contributed by atoms with Crippen LogP contribution in [0.25, 0.3) is 0 Å². The number of nitrogens with one attached hydrogen (secondary N) is 1. The average molecular weight is 282 g/mol. The lowest BCUT2D eigenvalue weighted by molar-refractivity contribution is 0.191. The van der Waals surface area contributed by atoms with Gasteiger partial charge in [-0.2, -0.15) is 4.37 Å². The van der Waals surface area contributed by atoms with Crippen LogP contribution in [0.15, 0.2) is 0 Å². The highest BCUT2D eigenvalue weighted by Gasteiger charge is 2.17. The molecule has 1 fully saturated rings. The molecule has 1 saturated carbocycles. The fraction of sp³-hybridized carbons (Fsp3) is 0.786. The summed E-state index contributed by atoms with van der Waals surface area (Å²) in [5.41, 5.74) is 6.83. The van der Waals surface area contributed by atoms with Crippen LogP contribution in [0, 0.1) is 6.92 Å². The largest absolute Gasteiger partial charge is 0.383 e. The summed E-state index contributed by atoms with van der Waals surface area (Å²) in [5, 5.41) is 4.56. The van der Waals surface area contributed by atoms with Gasteiger partial charge >= 0.3 is 0 Å². The lowest BCUT2D eigenvalue weighted by atomic mass is 9.94. The molecule has 1 aromatic rings. The lowest BCUT2D eigenvalue weighted by Crippen LogP contribution is -2.34. The Hall–Kier alpha value is -0.810. The third-order valence-electron chi connectivity index (χ3n) is 4.13. The van der Waals surface area contributed by atoms with Crippen LogP contribution < -0.4 is 11.1 Å². The number of nitrogens with two attached hydrogens (primary N) is 1. The Balaban J connectivity index is 1.64. The topological polar surface area (TPSA) is 54.2 Å². The first-order chi connectivity index (χ1) is 9.18. The van der Waals surface area contributed by atoms with Crippen molar-refractivity contribution < 1.29 is 0 Å². The average Bonchev–Trinajstić information content (AvgIpc) is 2.76. The van der Waals surface area contributed by atoms with Gasteiger partial charge < -0.3 is 16.0 Å². The molecule has 1 aliphatic carbocycles. The molecule has 1 aliphatic rings. The van der Waals surface area contributed by atoms with Gasteiger partial charge in [-0.1, -0.05) is 19.3 Å². The second-order valence-corrected chi connectivity index (χ2v) is 6.35. The minimum absolute atomic E-state index is 0.659. The molecule has 1 heterocycles. The highest BCUT2D eigenvalue weighted by atomic mass is 32.1. The van der Waals surface area contributed by atoms with E-state index in [1.165, 1.54) is 56.6 Å². The van der Waals surface area contributed by atoms with E-state index >= 15 is 0 Å². The first kappa shape index (κ1) is 14.6. The molecule has 0 aliphatic heterocycles. The van der Waals surface area contributed by atoms with Crippen molar-refractivity contribution in [2.24, 2.45) is 0 Å². The summed E-state index contributed by atoms with van der Waals surface area (Å²) in [6, 6.07) is 0.814. The van der Waals surface area contributed by atoms with Crippen molar-refractivity contribution in [3.63, 3.8) is 0 Å². The molecule has 0 atom stereocenters. The summed E-state index contributed by atoms with van der Waals surface area (Å²) in [7, 11) is 2.27. The highest BCUT2D eigenvalue weighted by molar-refractivity contribution is 7.10. The van der Waals surface area contributed by atoms with Crippen molar-refractivity contribution in [1.29, 1.82) is 0 Å². The maximum absolute atomic E-state index is 5.74. The van der Waals surface area contributed by atoms with Gasteiger partial charge in [0.15, 0.2) is 0 Å². The molecule has 4 nitrogen and oxygen atoms in total. The molecular formula is C14H26N4S. The Kier molecular flexibility index (Phi) is 5.45. The first-order valence-corrected chi connectivity index (χ1v) is 8.11. The number of aromatic nitrogens is 1. The van der Waals surface area contributed by atoms with Gasteiger partial charge in [-0.15, -0.1) is 0 Å². The standard InChI is InChI=1S/C14H26N4S/c1-11-13(15)17-19-14(11)16-9-6-10-18(2)12-7-4-3-5-8-12/h12,16H,3-10H2,1-2H3,(H2,15,17). The molecule has 0 amide bonds. The predicted molar refractivity (Wildman–Crippen MR) is 83.9 cm³/mol. The molecule has 5 heteroatoms. The van der Waals surface area contributed by atoms with Gasteiger partial charge in [0.25, 0.3) is 0 Å². The van der Waals surface area contributed by atoms with E-state index in [2.05, 4.69) is 21.6 Å². The monoisotopic (exact) mass is 282 g/mol. The van der Waals surface area contributed by atoms with Crippen molar-refractivity contribution in [3.8, 4) is 0 Å². The zero-order chi connectivity index (χ0) is 13.7. The third-order valence-corrected chi connectivity index (χ3v) is 5.05. The molecule has 0 unspecified atom stereocenters. The quantitative estimate of drug-likeness (QED) is 0.787. The molecule has 1 aromatic heterocycles. The van der Waals surface area contributed by atoms with Gasteiger partial charge in [0, 0.05) is 18.2 Å². The van der Waals surface area contributed by atoms with E-state index in [1.807, 2.05) is 6.92 Å². The van der Waals surface area contributed by atoms with E-state index in [0.717, 1.165) is 23.2 Å². The van der Waals surface area contributed by atoms with Crippen LogP contribution in [0.2, 0.25) is 0 Å². The second kappa shape index (κ2) is 7.10. The summed E-state index contributed by atoms with van der Waals surface area (Å²) < 4.78 is 4.15. The fourth-order valence-corrected chi connectivity index (χ4v) is 3.48. The zero-order valence-corrected chi connectivity index (χ0v) is 12.9. The minimum Gasteiger partial charge on any atom is -0.383 e. The maximum atomic E-state index is 5.74. The molecule has 108 valence electrons. The van der Waals surface area contributed by atoms with Crippen LogP contribution in [0.3, 0.4) is 0 Å². The van der Waals surface area contributed by atoms with Gasteiger partial charge in [-0.3, -0.25) is 0 Å². The Morgan fingerprint density at radius 1 is 1.37 bits per heavy atom. The Bertz CT molecular complexity index is 385. The number of anilines is 2. The zero-order valence-electron chi connectivity index (χ0n) is 12.1. The van der Waals surface area contributed by atoms with Crippen LogP contribution in [0.4, 0.5) is 10.8 Å². The van der Waals surface area contributed by atoms with E-state index in [9.17, 15) is 0 Å². The molecule has 19 heavy (non-hydrogen) atoms. The Morgan fingerprint density at radius 2 is 2.11 bits per heavy atom. The summed E-state index contributed by atoms with van der Waals surface area (Å²) in [6.07, 6.45) is 8.18. The van der Waals surface area contributed by atoms with Crippen molar-refractivity contribution in [1.82, 2.24) is 9.27 Å². The SMILES string of the molecule is Cc1c(N)nsc1NCCCN(C)C1CCCCC1. The van der Waals surface area contributed by atoms with Crippen molar-refractivity contribution >= 4 is 22.4 Å². The highest BCUT2D eigenvalue weighted by Crippen LogP contribution is 2.25. The predicted octanol–water partition coefficient (Wildman–Crippen LogP) is 3.10. The fourth-order valence-electron chi connectivity index (χ4n) is 2.75. The Labute approximate surface area is 120 Å². The number of rotatable bonds is 6. The van der Waals surface area contributed by atoms with Gasteiger partial charge in [0.2, 0.25) is 0 Å². The molecule has 2 rings (SSSR count). The number of hydrogen-bond donors (Lipinski definition) is 2. The number of nitrogens with zero attached hydrogens (tertiary/aromatic N) is 2. The molecule has 0 bridgehead atoms. The van der Waals surface area contributed by atoms with Crippen LogP contribution in [0.5, 0.6) is 0 Å². The van der Waals surface area contributed by atoms with E-state index in [1.54, 1.807) is 0 Å². The van der Waals surface area contributed by atoms with Crippen LogP contribution in [-0.2, 0) is 0 Å². The van der Waals surface area contributed by atoms with E-state index < -0.39 is 0 Å². The van der Waals surface area contributed by atoms with E-state index in [4.69, 9.17) is 5.73 Å².